The Labute approximate surface area is 132 Å². The molecule has 1 aromatic rings. The molecule has 1 aromatic heterocycles. The second-order valence-corrected chi connectivity index (χ2v) is 6.99. The Morgan fingerprint density at radius 1 is 1.32 bits per heavy atom. The first-order valence-corrected chi connectivity index (χ1v) is 8.31. The maximum atomic E-state index is 13.0. The van der Waals surface area contributed by atoms with E-state index in [2.05, 4.69) is 5.10 Å². The number of carbonyl (C=O) groups is 1. The fraction of sp³-hybridized carbons (Fsp3) is 0.765. The van der Waals surface area contributed by atoms with Crippen molar-refractivity contribution in [3.63, 3.8) is 0 Å². The van der Waals surface area contributed by atoms with E-state index in [9.17, 15) is 4.79 Å². The molecule has 1 saturated carbocycles. The fourth-order valence-corrected chi connectivity index (χ4v) is 4.49. The second kappa shape index (κ2) is 5.69. The summed E-state index contributed by atoms with van der Waals surface area (Å²) in [4.78, 5) is 15.0. The summed E-state index contributed by atoms with van der Waals surface area (Å²) in [7, 11) is 3.67. The van der Waals surface area contributed by atoms with Crippen molar-refractivity contribution in [2.75, 3.05) is 20.2 Å². The van der Waals surface area contributed by atoms with Crippen molar-refractivity contribution in [1.82, 2.24) is 14.7 Å². The summed E-state index contributed by atoms with van der Waals surface area (Å²) >= 11 is 0. The largest absolute Gasteiger partial charge is 0.381 e. The van der Waals surface area contributed by atoms with Gasteiger partial charge in [-0.3, -0.25) is 9.48 Å². The summed E-state index contributed by atoms with van der Waals surface area (Å²) in [6, 6.07) is 0. The van der Waals surface area contributed by atoms with Crippen LogP contribution in [0.3, 0.4) is 0 Å². The van der Waals surface area contributed by atoms with Gasteiger partial charge in [0.25, 0.3) is 5.91 Å². The number of hydrogen-bond donors (Lipinski definition) is 0. The van der Waals surface area contributed by atoms with E-state index in [0.717, 1.165) is 42.9 Å². The van der Waals surface area contributed by atoms with Gasteiger partial charge in [0.2, 0.25) is 0 Å². The molecular weight excluding hydrogens is 278 g/mol. The molecule has 1 saturated heterocycles. The van der Waals surface area contributed by atoms with Crippen LogP contribution in [0.4, 0.5) is 0 Å². The molecule has 122 valence electrons. The zero-order chi connectivity index (χ0) is 15.9. The molecule has 0 bridgehead atoms. The van der Waals surface area contributed by atoms with Crippen LogP contribution in [0.25, 0.3) is 0 Å². The number of piperidine rings is 1. The first kappa shape index (κ1) is 15.5. The third-order valence-corrected chi connectivity index (χ3v) is 5.73. The molecule has 1 aliphatic heterocycles. The Bertz CT molecular complexity index is 581. The van der Waals surface area contributed by atoms with Crippen molar-refractivity contribution in [1.29, 1.82) is 0 Å². The van der Waals surface area contributed by atoms with Crippen LogP contribution in [0.5, 0.6) is 0 Å². The number of methoxy groups -OCH3 is 1. The van der Waals surface area contributed by atoms with Gasteiger partial charge in [-0.15, -0.1) is 0 Å². The van der Waals surface area contributed by atoms with Gasteiger partial charge >= 0.3 is 0 Å². The average molecular weight is 305 g/mol. The third-order valence-electron chi connectivity index (χ3n) is 5.73. The molecule has 2 atom stereocenters. The Morgan fingerprint density at radius 3 is 2.68 bits per heavy atom. The predicted octanol–water partition coefficient (Wildman–Crippen LogP) is 2.46. The number of ether oxygens (including phenoxy) is 1. The predicted molar refractivity (Wildman–Crippen MR) is 84.9 cm³/mol. The van der Waals surface area contributed by atoms with Crippen LogP contribution < -0.4 is 0 Å². The highest BCUT2D eigenvalue weighted by Gasteiger charge is 2.47. The van der Waals surface area contributed by atoms with Crippen molar-refractivity contribution < 1.29 is 9.53 Å². The molecule has 3 rings (SSSR count). The first-order valence-electron chi connectivity index (χ1n) is 8.31. The summed E-state index contributed by atoms with van der Waals surface area (Å²) in [5, 5.41) is 4.39. The SMILES string of the molecule is CO[C@@H]1CCC[C@@]12CCCN(C(=O)c1c(C)c(C)nn1C)C2. The lowest BCUT2D eigenvalue weighted by Gasteiger charge is -2.43. The summed E-state index contributed by atoms with van der Waals surface area (Å²) in [6.07, 6.45) is 6.07. The minimum absolute atomic E-state index is 0.126. The van der Waals surface area contributed by atoms with Gasteiger partial charge in [-0.2, -0.15) is 5.10 Å². The van der Waals surface area contributed by atoms with E-state index < -0.39 is 0 Å². The zero-order valence-corrected chi connectivity index (χ0v) is 14.2. The van der Waals surface area contributed by atoms with Gasteiger partial charge in [0, 0.05) is 38.2 Å². The number of aromatic nitrogens is 2. The average Bonchev–Trinajstić information content (AvgIpc) is 2.99. The molecule has 0 aromatic carbocycles. The summed E-state index contributed by atoms with van der Waals surface area (Å²) in [5.74, 6) is 0.126. The standard InChI is InChI=1S/C17H27N3O2/c1-12-13(2)18-19(3)15(12)16(21)20-10-6-9-17(11-20)8-5-7-14(17)22-4/h14H,5-11H2,1-4H3/t14-,17+/m1/s1. The molecule has 1 amide bonds. The van der Waals surface area contributed by atoms with Crippen LogP contribution in [0, 0.1) is 19.3 Å². The molecule has 5 nitrogen and oxygen atoms in total. The van der Waals surface area contributed by atoms with E-state index in [4.69, 9.17) is 4.74 Å². The van der Waals surface area contributed by atoms with Crippen LogP contribution in [-0.2, 0) is 11.8 Å². The lowest BCUT2D eigenvalue weighted by atomic mass is 9.76. The molecule has 1 spiro atoms. The molecular formula is C17H27N3O2. The highest BCUT2D eigenvalue weighted by molar-refractivity contribution is 5.94. The summed E-state index contributed by atoms with van der Waals surface area (Å²) in [5.41, 5.74) is 2.85. The molecule has 22 heavy (non-hydrogen) atoms. The Kier molecular flexibility index (Phi) is 4.02. The number of likely N-dealkylation sites (tertiary alicyclic amines) is 1. The van der Waals surface area contributed by atoms with Crippen LogP contribution in [-0.4, -0.2) is 46.9 Å². The van der Waals surface area contributed by atoms with Crippen LogP contribution in [0.15, 0.2) is 0 Å². The van der Waals surface area contributed by atoms with Gasteiger partial charge in [-0.05, 0) is 39.5 Å². The van der Waals surface area contributed by atoms with E-state index in [1.54, 1.807) is 4.68 Å². The molecule has 5 heteroatoms. The van der Waals surface area contributed by atoms with Crippen molar-refractivity contribution in [2.45, 2.75) is 52.1 Å². The molecule has 0 unspecified atom stereocenters. The van der Waals surface area contributed by atoms with Crippen LogP contribution >= 0.6 is 0 Å². The van der Waals surface area contributed by atoms with Gasteiger partial charge in [-0.25, -0.2) is 0 Å². The van der Waals surface area contributed by atoms with E-state index in [1.165, 1.54) is 19.3 Å². The minimum atomic E-state index is 0.126. The number of amides is 1. The quantitative estimate of drug-likeness (QED) is 0.843. The Morgan fingerprint density at radius 2 is 2.05 bits per heavy atom. The van der Waals surface area contributed by atoms with Gasteiger partial charge in [0.15, 0.2) is 0 Å². The monoisotopic (exact) mass is 305 g/mol. The third kappa shape index (κ3) is 2.35. The van der Waals surface area contributed by atoms with Crippen molar-refractivity contribution >= 4 is 5.91 Å². The van der Waals surface area contributed by atoms with Gasteiger partial charge < -0.3 is 9.64 Å². The summed E-state index contributed by atoms with van der Waals surface area (Å²) in [6.45, 7) is 5.62. The van der Waals surface area contributed by atoms with E-state index in [-0.39, 0.29) is 11.3 Å². The molecule has 2 aliphatic rings. The summed E-state index contributed by atoms with van der Waals surface area (Å²) < 4.78 is 7.47. The van der Waals surface area contributed by atoms with Crippen LogP contribution in [0.1, 0.15) is 53.8 Å². The van der Waals surface area contributed by atoms with Crippen molar-refractivity contribution in [2.24, 2.45) is 12.5 Å². The van der Waals surface area contributed by atoms with E-state index >= 15 is 0 Å². The molecule has 2 heterocycles. The van der Waals surface area contributed by atoms with Crippen molar-refractivity contribution in [3.05, 3.63) is 17.0 Å². The van der Waals surface area contributed by atoms with E-state index in [1.807, 2.05) is 32.9 Å². The van der Waals surface area contributed by atoms with E-state index in [0.29, 0.717) is 6.10 Å². The second-order valence-electron chi connectivity index (χ2n) is 6.99. The maximum absolute atomic E-state index is 13.0. The normalized spacial score (nSPS) is 28.5. The highest BCUT2D eigenvalue weighted by atomic mass is 16.5. The number of carbonyl (C=O) groups excluding carboxylic acids is 1. The van der Waals surface area contributed by atoms with Gasteiger partial charge in [0.05, 0.1) is 11.8 Å². The number of rotatable bonds is 2. The lowest BCUT2D eigenvalue weighted by Crippen LogP contribution is -2.50. The highest BCUT2D eigenvalue weighted by Crippen LogP contribution is 2.46. The topological polar surface area (TPSA) is 47.4 Å². The first-order chi connectivity index (χ1) is 10.5. The lowest BCUT2D eigenvalue weighted by molar-refractivity contribution is -0.0297. The zero-order valence-electron chi connectivity index (χ0n) is 14.2. The molecule has 0 radical (unpaired) electrons. The van der Waals surface area contributed by atoms with Crippen LogP contribution in [0.2, 0.25) is 0 Å². The molecule has 2 fully saturated rings. The Balaban J connectivity index is 1.84. The number of hydrogen-bond acceptors (Lipinski definition) is 3. The Hall–Kier alpha value is -1.36. The molecule has 1 aliphatic carbocycles. The van der Waals surface area contributed by atoms with Gasteiger partial charge in [0.1, 0.15) is 5.69 Å². The van der Waals surface area contributed by atoms with Gasteiger partial charge in [-0.1, -0.05) is 6.42 Å². The maximum Gasteiger partial charge on any atom is 0.272 e. The minimum Gasteiger partial charge on any atom is -0.381 e. The number of nitrogens with zero attached hydrogens (tertiary/aromatic N) is 3. The number of aryl methyl sites for hydroxylation is 2. The smallest absolute Gasteiger partial charge is 0.272 e. The van der Waals surface area contributed by atoms with Crippen molar-refractivity contribution in [3.8, 4) is 0 Å². The molecule has 0 N–H and O–H groups in total. The fourth-order valence-electron chi connectivity index (χ4n) is 4.49.